The van der Waals surface area contributed by atoms with Gasteiger partial charge >= 0.3 is 0 Å². The van der Waals surface area contributed by atoms with Crippen molar-refractivity contribution in [3.8, 4) is 11.1 Å². The fraction of sp³-hybridized carbons (Fsp3) is 0.333. The summed E-state index contributed by atoms with van der Waals surface area (Å²) in [6.07, 6.45) is 1.36. The van der Waals surface area contributed by atoms with Crippen molar-refractivity contribution in [1.82, 2.24) is 10.0 Å². The number of hydrogen-bond donors (Lipinski definition) is 2. The molecule has 0 aliphatic carbocycles. The summed E-state index contributed by atoms with van der Waals surface area (Å²) in [5.41, 5.74) is 1.27. The molecule has 0 aliphatic heterocycles. The molecule has 1 amide bonds. The van der Waals surface area contributed by atoms with Gasteiger partial charge in [0.2, 0.25) is 0 Å². The van der Waals surface area contributed by atoms with Crippen molar-refractivity contribution in [2.75, 3.05) is 6.26 Å². The molecule has 0 fully saturated rings. The Morgan fingerprint density at radius 1 is 1.25 bits per heavy atom. The Morgan fingerprint density at radius 2 is 1.89 bits per heavy atom. The zero-order chi connectivity index (χ0) is 21.3. The summed E-state index contributed by atoms with van der Waals surface area (Å²) in [7, 11) is -3.95. The van der Waals surface area contributed by atoms with Gasteiger partial charge in [-0.05, 0) is 43.5 Å². The third-order valence-corrected chi connectivity index (χ3v) is 6.80. The van der Waals surface area contributed by atoms with Crippen molar-refractivity contribution in [2.45, 2.75) is 31.6 Å². The Morgan fingerprint density at radius 3 is 2.43 bits per heavy atom. The van der Waals surface area contributed by atoms with Gasteiger partial charge in [0.1, 0.15) is 11.6 Å². The van der Waals surface area contributed by atoms with Crippen molar-refractivity contribution >= 4 is 15.7 Å². The highest BCUT2D eigenvalue weighted by Crippen LogP contribution is 2.25. The molecule has 152 valence electrons. The summed E-state index contributed by atoms with van der Waals surface area (Å²) < 4.78 is 50.8. The molecule has 0 bridgehead atoms. The van der Waals surface area contributed by atoms with Gasteiger partial charge in [-0.15, -0.1) is 0 Å². The van der Waals surface area contributed by atoms with Crippen LogP contribution in [0.25, 0.3) is 11.1 Å². The van der Waals surface area contributed by atoms with Gasteiger partial charge in [0.25, 0.3) is 11.5 Å². The van der Waals surface area contributed by atoms with Crippen LogP contribution in [-0.4, -0.2) is 35.1 Å². The zero-order valence-corrected chi connectivity index (χ0v) is 16.3. The van der Waals surface area contributed by atoms with Crippen LogP contribution in [0.1, 0.15) is 18.9 Å². The number of pyridine rings is 1. The fourth-order valence-corrected chi connectivity index (χ4v) is 3.52. The molecule has 0 aliphatic rings. The van der Waals surface area contributed by atoms with E-state index in [1.165, 1.54) is 30.6 Å². The lowest BCUT2D eigenvalue weighted by Crippen LogP contribution is -2.50. The first kappa shape index (κ1) is 21.7. The number of nitrogens with one attached hydrogen (secondary N) is 1. The van der Waals surface area contributed by atoms with E-state index in [2.05, 4.69) is 0 Å². The van der Waals surface area contributed by atoms with Crippen molar-refractivity contribution < 1.29 is 27.2 Å². The Kier molecular flexibility index (Phi) is 6.05. The SMILES string of the molecule is Cc1cc(-c2cc(=O)n(CC[C@](C)(C(=O)NO)S(C)(=O)=O)cc2F)ccc1F. The largest absolute Gasteiger partial charge is 0.312 e. The summed E-state index contributed by atoms with van der Waals surface area (Å²) in [5.74, 6) is -2.38. The van der Waals surface area contributed by atoms with Gasteiger partial charge in [0.15, 0.2) is 14.6 Å². The molecule has 2 aromatic rings. The molecule has 1 aromatic heterocycles. The third-order valence-electron chi connectivity index (χ3n) is 4.78. The molecule has 7 nitrogen and oxygen atoms in total. The Hall–Kier alpha value is -2.59. The minimum Gasteiger partial charge on any atom is -0.312 e. The molecule has 1 aromatic carbocycles. The number of carbonyl (C=O) groups is 1. The average Bonchev–Trinajstić information content (AvgIpc) is 2.62. The highest BCUT2D eigenvalue weighted by molar-refractivity contribution is 7.92. The number of rotatable bonds is 6. The van der Waals surface area contributed by atoms with Crippen LogP contribution in [0.15, 0.2) is 35.3 Å². The molecule has 28 heavy (non-hydrogen) atoms. The second-order valence-corrected chi connectivity index (χ2v) is 9.17. The van der Waals surface area contributed by atoms with Gasteiger partial charge < -0.3 is 4.57 Å². The number of amides is 1. The quantitative estimate of drug-likeness (QED) is 0.554. The van der Waals surface area contributed by atoms with E-state index in [0.29, 0.717) is 11.1 Å². The summed E-state index contributed by atoms with van der Waals surface area (Å²) in [4.78, 5) is 24.2. The van der Waals surface area contributed by atoms with Crippen LogP contribution in [0, 0.1) is 18.6 Å². The van der Waals surface area contributed by atoms with Crippen molar-refractivity contribution in [2.24, 2.45) is 0 Å². The van der Waals surface area contributed by atoms with E-state index in [-0.39, 0.29) is 18.5 Å². The number of aryl methyl sites for hydroxylation is 2. The molecule has 2 rings (SSSR count). The van der Waals surface area contributed by atoms with Gasteiger partial charge in [-0.3, -0.25) is 14.8 Å². The van der Waals surface area contributed by atoms with Gasteiger partial charge in [-0.2, -0.15) is 0 Å². The third kappa shape index (κ3) is 4.12. The summed E-state index contributed by atoms with van der Waals surface area (Å²) in [5, 5.41) is 8.81. The normalized spacial score (nSPS) is 13.8. The van der Waals surface area contributed by atoms with Crippen LogP contribution in [-0.2, 0) is 21.2 Å². The van der Waals surface area contributed by atoms with Gasteiger partial charge in [-0.1, -0.05) is 6.07 Å². The molecule has 0 saturated carbocycles. The van der Waals surface area contributed by atoms with Crippen molar-refractivity contribution in [1.29, 1.82) is 0 Å². The first-order chi connectivity index (χ1) is 12.9. The van der Waals surface area contributed by atoms with E-state index in [4.69, 9.17) is 5.21 Å². The zero-order valence-electron chi connectivity index (χ0n) is 15.5. The fourth-order valence-electron chi connectivity index (χ4n) is 2.67. The van der Waals surface area contributed by atoms with Crippen molar-refractivity contribution in [3.63, 3.8) is 0 Å². The number of hydrogen-bond acceptors (Lipinski definition) is 5. The number of halogens is 2. The molecule has 0 spiro atoms. The minimum absolute atomic E-state index is 0.0247. The van der Waals surface area contributed by atoms with Crippen LogP contribution in [0.3, 0.4) is 0 Å². The second-order valence-electron chi connectivity index (χ2n) is 6.72. The number of benzene rings is 1. The van der Waals surface area contributed by atoms with Gasteiger partial charge in [-0.25, -0.2) is 22.7 Å². The Balaban J connectivity index is 2.38. The molecule has 2 N–H and O–H groups in total. The van der Waals surface area contributed by atoms with Crippen LogP contribution in [0.4, 0.5) is 8.78 Å². The monoisotopic (exact) mass is 414 g/mol. The maximum atomic E-state index is 14.5. The first-order valence-electron chi connectivity index (χ1n) is 8.21. The lowest BCUT2D eigenvalue weighted by atomic mass is 10.0. The lowest BCUT2D eigenvalue weighted by Gasteiger charge is -2.25. The van der Waals surface area contributed by atoms with Crippen molar-refractivity contribution in [3.05, 3.63) is 58.0 Å². The highest BCUT2D eigenvalue weighted by atomic mass is 32.2. The van der Waals surface area contributed by atoms with Gasteiger partial charge in [0, 0.05) is 30.6 Å². The number of hydroxylamine groups is 1. The maximum Gasteiger partial charge on any atom is 0.264 e. The molecule has 1 atom stereocenters. The van der Waals surface area contributed by atoms with Crippen LogP contribution < -0.4 is 11.0 Å². The molecule has 0 unspecified atom stereocenters. The second kappa shape index (κ2) is 7.80. The highest BCUT2D eigenvalue weighted by Gasteiger charge is 2.43. The smallest absolute Gasteiger partial charge is 0.264 e. The van der Waals surface area contributed by atoms with E-state index >= 15 is 0 Å². The number of carbonyl (C=O) groups excluding carboxylic acids is 1. The van der Waals surface area contributed by atoms with E-state index < -0.39 is 37.7 Å². The van der Waals surface area contributed by atoms with Crippen LogP contribution in [0.2, 0.25) is 0 Å². The first-order valence-corrected chi connectivity index (χ1v) is 10.1. The standard InChI is InChI=1S/C18H20F2N2O5S/c1-11-8-12(4-5-14(11)19)13-9-16(23)22(10-15(13)20)7-6-18(2,17(24)21-25)28(3,26)27/h4-5,8-10,25H,6-7H2,1-3H3,(H,21,24)/t18-/m1/s1. The topological polar surface area (TPSA) is 105 Å². The van der Waals surface area contributed by atoms with E-state index in [9.17, 15) is 26.8 Å². The Bertz CT molecular complexity index is 1080. The molecule has 0 saturated heterocycles. The molecule has 10 heteroatoms. The predicted octanol–water partition coefficient (Wildman–Crippen LogP) is 1.80. The number of sulfone groups is 1. The molecule has 0 radical (unpaired) electrons. The summed E-state index contributed by atoms with van der Waals surface area (Å²) in [6, 6.07) is 4.94. The minimum atomic E-state index is -3.95. The average molecular weight is 414 g/mol. The van der Waals surface area contributed by atoms with Crippen LogP contribution in [0.5, 0.6) is 0 Å². The van der Waals surface area contributed by atoms with Gasteiger partial charge in [0.05, 0.1) is 0 Å². The summed E-state index contributed by atoms with van der Waals surface area (Å²) in [6.45, 7) is 2.33. The molecular formula is C18H20F2N2O5S. The van der Waals surface area contributed by atoms with E-state index in [0.717, 1.165) is 30.0 Å². The Labute approximate surface area is 160 Å². The lowest BCUT2D eigenvalue weighted by molar-refractivity contribution is -0.131. The maximum absolute atomic E-state index is 14.5. The van der Waals surface area contributed by atoms with E-state index in [1.807, 2.05) is 0 Å². The number of aromatic nitrogens is 1. The van der Waals surface area contributed by atoms with E-state index in [1.54, 1.807) is 0 Å². The predicted molar refractivity (Wildman–Crippen MR) is 98.6 cm³/mol. The molecular weight excluding hydrogens is 394 g/mol. The van der Waals surface area contributed by atoms with Crippen LogP contribution >= 0.6 is 0 Å². The number of nitrogens with zero attached hydrogens (tertiary/aromatic N) is 1. The summed E-state index contributed by atoms with van der Waals surface area (Å²) >= 11 is 0. The molecule has 1 heterocycles.